The van der Waals surface area contributed by atoms with Crippen molar-refractivity contribution in [2.75, 3.05) is 14.2 Å². The third-order valence-electron chi connectivity index (χ3n) is 3.53. The predicted octanol–water partition coefficient (Wildman–Crippen LogP) is 2.53. The number of ether oxygens (including phenoxy) is 3. The summed E-state index contributed by atoms with van der Waals surface area (Å²) in [4.78, 5) is 28.2. The SMILES string of the molecule is COC(=O)/C=C/c1ccc(OCc2cc(=O)n3ccsc3n2)c(OC)c1. The molecule has 2 aromatic heterocycles. The lowest BCUT2D eigenvalue weighted by Gasteiger charge is -2.11. The van der Waals surface area contributed by atoms with Gasteiger partial charge in [-0.1, -0.05) is 6.07 Å². The molecule has 0 radical (unpaired) electrons. The molecule has 0 atom stereocenters. The van der Waals surface area contributed by atoms with Gasteiger partial charge in [0.2, 0.25) is 0 Å². The molecular weight excluding hydrogens is 356 g/mol. The molecule has 26 heavy (non-hydrogen) atoms. The minimum Gasteiger partial charge on any atom is -0.493 e. The van der Waals surface area contributed by atoms with Crippen LogP contribution in [0.5, 0.6) is 11.5 Å². The summed E-state index contributed by atoms with van der Waals surface area (Å²) in [7, 11) is 2.84. The van der Waals surface area contributed by atoms with Crippen molar-refractivity contribution in [3.8, 4) is 11.5 Å². The first kappa shape index (κ1) is 17.7. The number of hydrogen-bond acceptors (Lipinski definition) is 7. The van der Waals surface area contributed by atoms with Crippen LogP contribution >= 0.6 is 11.3 Å². The van der Waals surface area contributed by atoms with E-state index < -0.39 is 5.97 Å². The van der Waals surface area contributed by atoms with E-state index in [4.69, 9.17) is 9.47 Å². The van der Waals surface area contributed by atoms with Gasteiger partial charge in [-0.2, -0.15) is 0 Å². The highest BCUT2D eigenvalue weighted by Gasteiger charge is 2.08. The highest BCUT2D eigenvalue weighted by molar-refractivity contribution is 7.15. The summed E-state index contributed by atoms with van der Waals surface area (Å²) in [5.74, 6) is 0.576. The molecule has 0 saturated heterocycles. The molecule has 0 aliphatic heterocycles. The summed E-state index contributed by atoms with van der Waals surface area (Å²) < 4.78 is 17.1. The second-order valence-corrected chi connectivity index (χ2v) is 6.07. The van der Waals surface area contributed by atoms with Crippen LogP contribution in [0.1, 0.15) is 11.3 Å². The van der Waals surface area contributed by atoms with Crippen LogP contribution in [0.25, 0.3) is 11.0 Å². The van der Waals surface area contributed by atoms with Crippen LogP contribution in [0.3, 0.4) is 0 Å². The maximum atomic E-state index is 12.0. The predicted molar refractivity (Wildman–Crippen MR) is 97.7 cm³/mol. The zero-order valence-corrected chi connectivity index (χ0v) is 15.0. The van der Waals surface area contributed by atoms with Crippen LogP contribution in [0.15, 0.2) is 46.7 Å². The maximum Gasteiger partial charge on any atom is 0.330 e. The molecule has 0 saturated carbocycles. The van der Waals surface area contributed by atoms with E-state index in [0.717, 1.165) is 5.56 Å². The van der Waals surface area contributed by atoms with Gasteiger partial charge in [0.05, 0.1) is 19.9 Å². The molecule has 1 aromatic carbocycles. The Hall–Kier alpha value is -3.13. The first-order chi connectivity index (χ1) is 12.6. The minimum absolute atomic E-state index is 0.136. The quantitative estimate of drug-likeness (QED) is 0.489. The fourth-order valence-corrected chi connectivity index (χ4v) is 2.99. The fourth-order valence-electron chi connectivity index (χ4n) is 2.25. The van der Waals surface area contributed by atoms with Crippen molar-refractivity contribution in [3.05, 3.63) is 63.5 Å². The fraction of sp³-hybridized carbons (Fsp3) is 0.167. The smallest absolute Gasteiger partial charge is 0.330 e. The van der Waals surface area contributed by atoms with Crippen LogP contribution in [-0.2, 0) is 16.1 Å². The van der Waals surface area contributed by atoms with Gasteiger partial charge >= 0.3 is 5.97 Å². The molecule has 0 unspecified atom stereocenters. The van der Waals surface area contributed by atoms with Crippen LogP contribution in [0, 0.1) is 0 Å². The Morgan fingerprint density at radius 1 is 1.27 bits per heavy atom. The van der Waals surface area contributed by atoms with E-state index in [1.165, 1.54) is 42.1 Å². The van der Waals surface area contributed by atoms with Crippen molar-refractivity contribution in [2.45, 2.75) is 6.61 Å². The topological polar surface area (TPSA) is 79.1 Å². The van der Waals surface area contributed by atoms with Gasteiger partial charge in [0.25, 0.3) is 5.56 Å². The summed E-state index contributed by atoms with van der Waals surface area (Å²) in [6.45, 7) is 0.136. The number of methoxy groups -OCH3 is 2. The molecule has 0 amide bonds. The Bertz CT molecular complexity index is 1020. The van der Waals surface area contributed by atoms with Crippen molar-refractivity contribution in [1.29, 1.82) is 0 Å². The second kappa shape index (κ2) is 7.83. The highest BCUT2D eigenvalue weighted by Crippen LogP contribution is 2.29. The van der Waals surface area contributed by atoms with Crippen molar-refractivity contribution in [2.24, 2.45) is 0 Å². The van der Waals surface area contributed by atoms with Gasteiger partial charge in [-0.25, -0.2) is 9.78 Å². The molecule has 0 spiro atoms. The van der Waals surface area contributed by atoms with E-state index in [9.17, 15) is 9.59 Å². The van der Waals surface area contributed by atoms with Crippen LogP contribution < -0.4 is 15.0 Å². The monoisotopic (exact) mass is 372 g/mol. The van der Waals surface area contributed by atoms with Gasteiger partial charge in [0.1, 0.15) is 6.61 Å². The van der Waals surface area contributed by atoms with Crippen LogP contribution in [-0.4, -0.2) is 29.6 Å². The van der Waals surface area contributed by atoms with Gasteiger partial charge in [0.15, 0.2) is 16.5 Å². The summed E-state index contributed by atoms with van der Waals surface area (Å²) in [6.07, 6.45) is 4.62. The van der Waals surface area contributed by atoms with Gasteiger partial charge in [-0.3, -0.25) is 9.20 Å². The largest absolute Gasteiger partial charge is 0.493 e. The summed E-state index contributed by atoms with van der Waals surface area (Å²) in [6, 6.07) is 6.69. The van der Waals surface area contributed by atoms with E-state index in [-0.39, 0.29) is 12.2 Å². The lowest BCUT2D eigenvalue weighted by Crippen LogP contribution is -2.14. The van der Waals surface area contributed by atoms with E-state index in [2.05, 4.69) is 9.72 Å². The summed E-state index contributed by atoms with van der Waals surface area (Å²) >= 11 is 1.38. The highest BCUT2D eigenvalue weighted by atomic mass is 32.1. The molecule has 8 heteroatoms. The van der Waals surface area contributed by atoms with Crippen LogP contribution in [0.2, 0.25) is 0 Å². The zero-order chi connectivity index (χ0) is 18.5. The normalized spacial score (nSPS) is 11.0. The number of thiazole rings is 1. The average Bonchev–Trinajstić information content (AvgIpc) is 3.13. The van der Waals surface area contributed by atoms with Crippen LogP contribution in [0.4, 0.5) is 0 Å². The Balaban J connectivity index is 1.77. The number of fused-ring (bicyclic) bond motifs is 1. The molecule has 0 bridgehead atoms. The number of rotatable bonds is 6. The number of hydrogen-bond donors (Lipinski definition) is 0. The van der Waals surface area contributed by atoms with E-state index in [1.807, 2.05) is 0 Å². The lowest BCUT2D eigenvalue weighted by molar-refractivity contribution is -0.134. The molecule has 0 fully saturated rings. The molecular formula is C18H16N2O5S. The molecule has 0 N–H and O–H groups in total. The average molecular weight is 372 g/mol. The molecule has 0 aliphatic rings. The number of carbonyl (C=O) groups excluding carboxylic acids is 1. The molecule has 7 nitrogen and oxygen atoms in total. The second-order valence-electron chi connectivity index (χ2n) is 5.20. The van der Waals surface area contributed by atoms with Crippen molar-refractivity contribution in [3.63, 3.8) is 0 Å². The molecule has 0 aliphatic carbocycles. The number of carbonyl (C=O) groups is 1. The van der Waals surface area contributed by atoms with Gasteiger partial charge < -0.3 is 14.2 Å². The third-order valence-corrected chi connectivity index (χ3v) is 4.29. The third kappa shape index (κ3) is 3.92. The standard InChI is InChI=1S/C18H16N2O5S/c1-23-15-9-12(4-6-17(22)24-2)3-5-14(15)25-11-13-10-16(21)20-7-8-26-18(20)19-13/h3-10H,11H2,1-2H3/b6-4+. The lowest BCUT2D eigenvalue weighted by atomic mass is 10.2. The van der Waals surface area contributed by atoms with Gasteiger partial charge in [0, 0.05) is 23.7 Å². The molecule has 3 aromatic rings. The van der Waals surface area contributed by atoms with Crippen molar-refractivity contribution < 1.29 is 19.0 Å². The van der Waals surface area contributed by atoms with E-state index in [1.54, 1.807) is 35.9 Å². The Morgan fingerprint density at radius 2 is 2.12 bits per heavy atom. The Labute approximate surface area is 153 Å². The van der Waals surface area contributed by atoms with Crippen molar-refractivity contribution >= 4 is 28.3 Å². The number of benzene rings is 1. The first-order valence-electron chi connectivity index (χ1n) is 7.63. The molecule has 134 valence electrons. The van der Waals surface area contributed by atoms with Crippen molar-refractivity contribution in [1.82, 2.24) is 9.38 Å². The Kier molecular flexibility index (Phi) is 5.33. The number of esters is 1. The molecule has 3 rings (SSSR count). The summed E-state index contributed by atoms with van der Waals surface area (Å²) in [5.41, 5.74) is 1.15. The first-order valence-corrected chi connectivity index (χ1v) is 8.51. The molecule has 2 heterocycles. The van der Waals surface area contributed by atoms with E-state index in [0.29, 0.717) is 22.2 Å². The summed E-state index contributed by atoms with van der Waals surface area (Å²) in [5, 5.41) is 1.80. The van der Waals surface area contributed by atoms with E-state index >= 15 is 0 Å². The number of aromatic nitrogens is 2. The minimum atomic E-state index is -0.439. The Morgan fingerprint density at radius 3 is 2.88 bits per heavy atom. The number of nitrogens with zero attached hydrogens (tertiary/aromatic N) is 2. The van der Waals surface area contributed by atoms with Gasteiger partial charge in [-0.15, -0.1) is 11.3 Å². The zero-order valence-electron chi connectivity index (χ0n) is 14.2. The van der Waals surface area contributed by atoms with Gasteiger partial charge in [-0.05, 0) is 23.8 Å². The maximum absolute atomic E-state index is 12.0.